The molecular weight excluding hydrogens is 562 g/mol. The number of sulfonamides is 1. The Kier molecular flexibility index (Phi) is 8.82. The molecule has 3 aromatic carbocycles. The molecule has 2 atom stereocenters. The molecule has 1 fully saturated rings. The normalized spacial score (nSPS) is 17.9. The number of hydrogen-bond donors (Lipinski definition) is 3. The van der Waals surface area contributed by atoms with Crippen LogP contribution >= 0.6 is 11.6 Å². The predicted octanol–water partition coefficient (Wildman–Crippen LogP) is 3.14. The van der Waals surface area contributed by atoms with Gasteiger partial charge in [0.1, 0.15) is 12.1 Å². The number of benzene rings is 3. The first-order chi connectivity index (χ1) is 19.7. The van der Waals surface area contributed by atoms with Crippen LogP contribution in [0.2, 0.25) is 5.02 Å². The molecule has 0 aromatic heterocycles. The summed E-state index contributed by atoms with van der Waals surface area (Å²) in [6.07, 6.45) is 2.14. The Labute approximate surface area is 245 Å². The van der Waals surface area contributed by atoms with Gasteiger partial charge in [-0.3, -0.25) is 19.6 Å². The van der Waals surface area contributed by atoms with Gasteiger partial charge in [0, 0.05) is 44.2 Å². The van der Waals surface area contributed by atoms with E-state index in [4.69, 9.17) is 11.6 Å². The molecule has 1 unspecified atom stereocenters. The molecule has 2 amide bonds. The molecule has 3 aromatic rings. The van der Waals surface area contributed by atoms with Gasteiger partial charge in [-0.1, -0.05) is 60.1 Å². The average molecular weight is 595 g/mol. The van der Waals surface area contributed by atoms with E-state index >= 15 is 0 Å². The van der Waals surface area contributed by atoms with E-state index in [1.54, 1.807) is 29.2 Å². The monoisotopic (exact) mass is 594 g/mol. The molecule has 0 bridgehead atoms. The SMILES string of the molecule is CS(=O)(=O)Nc1ccccc1N1CCN(C(=O)[C@@H](Cc2cccc(Cl)c2)NC(=O)C2N[CH]Cc3ccccc32)CC1. The Morgan fingerprint density at radius 3 is 2.49 bits per heavy atom. The summed E-state index contributed by atoms with van der Waals surface area (Å²) in [5.74, 6) is -0.443. The zero-order valence-corrected chi connectivity index (χ0v) is 24.3. The van der Waals surface area contributed by atoms with E-state index < -0.39 is 22.1 Å². The van der Waals surface area contributed by atoms with Crippen molar-refractivity contribution in [3.8, 4) is 0 Å². The minimum Gasteiger partial charge on any atom is -0.366 e. The van der Waals surface area contributed by atoms with Crippen LogP contribution in [0.1, 0.15) is 22.7 Å². The Balaban J connectivity index is 1.32. The van der Waals surface area contributed by atoms with Crippen LogP contribution in [0.3, 0.4) is 0 Å². The van der Waals surface area contributed by atoms with Crippen molar-refractivity contribution in [1.82, 2.24) is 15.5 Å². The third-order valence-corrected chi connectivity index (χ3v) is 8.14. The summed E-state index contributed by atoms with van der Waals surface area (Å²) in [5, 5.41) is 6.77. The standard InChI is InChI=1S/C30H33ClN5O4S/c1-41(39,40)34-25-11-4-5-12-27(25)35-15-17-36(18-16-35)30(38)26(20-21-7-6-9-23(31)19-21)33-29(37)28-24-10-3-2-8-22(24)13-14-32-28/h2-12,14,19,26,28,32,34H,13,15-18,20H2,1H3,(H,33,37)/t26-,28?/m1/s1. The Bertz CT molecular complexity index is 1520. The van der Waals surface area contributed by atoms with Crippen LogP contribution in [0.15, 0.2) is 72.8 Å². The van der Waals surface area contributed by atoms with Crippen molar-refractivity contribution in [3.63, 3.8) is 0 Å². The number of fused-ring (bicyclic) bond motifs is 1. The quantitative estimate of drug-likeness (QED) is 0.370. The van der Waals surface area contributed by atoms with Crippen molar-refractivity contribution in [3.05, 3.63) is 101 Å². The molecular formula is C30H33ClN5O4S. The molecule has 11 heteroatoms. The smallest absolute Gasteiger partial charge is 0.245 e. The maximum Gasteiger partial charge on any atom is 0.245 e. The van der Waals surface area contributed by atoms with Crippen molar-refractivity contribution in [1.29, 1.82) is 0 Å². The number of nitrogens with one attached hydrogen (secondary N) is 3. The fourth-order valence-electron chi connectivity index (χ4n) is 5.37. The molecule has 0 saturated carbocycles. The van der Waals surface area contributed by atoms with Gasteiger partial charge in [0.15, 0.2) is 0 Å². The maximum absolute atomic E-state index is 13.9. The van der Waals surface area contributed by atoms with E-state index in [0.717, 1.165) is 35.1 Å². The van der Waals surface area contributed by atoms with Crippen LogP contribution in [-0.2, 0) is 32.5 Å². The highest BCUT2D eigenvalue weighted by Crippen LogP contribution is 2.28. The van der Waals surface area contributed by atoms with E-state index in [-0.39, 0.29) is 11.8 Å². The van der Waals surface area contributed by atoms with Gasteiger partial charge in [0.25, 0.3) is 0 Å². The van der Waals surface area contributed by atoms with Crippen molar-refractivity contribution < 1.29 is 18.0 Å². The van der Waals surface area contributed by atoms with Crippen molar-refractivity contribution >= 4 is 44.8 Å². The van der Waals surface area contributed by atoms with E-state index in [0.29, 0.717) is 43.3 Å². The van der Waals surface area contributed by atoms with E-state index in [1.165, 1.54) is 0 Å². The summed E-state index contributed by atoms with van der Waals surface area (Å²) in [4.78, 5) is 31.3. The largest absolute Gasteiger partial charge is 0.366 e. The van der Waals surface area contributed by atoms with Crippen LogP contribution in [0, 0.1) is 6.54 Å². The molecule has 215 valence electrons. The molecule has 0 aliphatic carbocycles. The minimum atomic E-state index is -3.44. The molecule has 1 radical (unpaired) electrons. The summed E-state index contributed by atoms with van der Waals surface area (Å²) in [7, 11) is -3.44. The lowest BCUT2D eigenvalue weighted by Crippen LogP contribution is -2.56. The number of para-hydroxylation sites is 2. The van der Waals surface area contributed by atoms with Gasteiger partial charge in [-0.2, -0.15) is 0 Å². The van der Waals surface area contributed by atoms with Gasteiger partial charge in [-0.25, -0.2) is 8.42 Å². The molecule has 3 N–H and O–H groups in total. The second-order valence-electron chi connectivity index (χ2n) is 10.3. The van der Waals surface area contributed by atoms with Crippen molar-refractivity contribution in [2.75, 3.05) is 42.1 Å². The van der Waals surface area contributed by atoms with Crippen molar-refractivity contribution in [2.24, 2.45) is 0 Å². The van der Waals surface area contributed by atoms with Gasteiger partial charge in [0.2, 0.25) is 21.8 Å². The fraction of sp³-hybridized carbons (Fsp3) is 0.300. The van der Waals surface area contributed by atoms with Crippen LogP contribution in [0.4, 0.5) is 11.4 Å². The number of nitrogens with zero attached hydrogens (tertiary/aromatic N) is 2. The van der Waals surface area contributed by atoms with Crippen LogP contribution < -0.4 is 20.3 Å². The molecule has 2 aliphatic heterocycles. The highest BCUT2D eigenvalue weighted by Gasteiger charge is 2.33. The van der Waals surface area contributed by atoms with Gasteiger partial charge in [0.05, 0.1) is 17.6 Å². The number of hydrogen-bond acceptors (Lipinski definition) is 6. The first-order valence-corrected chi connectivity index (χ1v) is 15.8. The van der Waals surface area contributed by atoms with E-state index in [1.807, 2.05) is 55.1 Å². The second kappa shape index (κ2) is 12.5. The summed E-state index contributed by atoms with van der Waals surface area (Å²) >= 11 is 6.22. The molecule has 5 rings (SSSR count). The third-order valence-electron chi connectivity index (χ3n) is 7.31. The Morgan fingerprint density at radius 1 is 1.00 bits per heavy atom. The molecule has 2 heterocycles. The number of carbonyl (C=O) groups excluding carboxylic acids is 2. The molecule has 41 heavy (non-hydrogen) atoms. The number of carbonyl (C=O) groups is 2. The summed E-state index contributed by atoms with van der Waals surface area (Å²) < 4.78 is 26.3. The lowest BCUT2D eigenvalue weighted by Gasteiger charge is -2.38. The highest BCUT2D eigenvalue weighted by atomic mass is 35.5. The zero-order chi connectivity index (χ0) is 29.0. The third kappa shape index (κ3) is 7.19. The van der Waals surface area contributed by atoms with Gasteiger partial charge in [-0.05, 0) is 47.4 Å². The average Bonchev–Trinajstić information content (AvgIpc) is 2.96. The van der Waals surface area contributed by atoms with Crippen molar-refractivity contribution in [2.45, 2.75) is 24.9 Å². The van der Waals surface area contributed by atoms with E-state index in [9.17, 15) is 18.0 Å². The summed E-state index contributed by atoms with van der Waals surface area (Å²) in [6, 6.07) is 20.9. The fourth-order valence-corrected chi connectivity index (χ4v) is 6.16. The highest BCUT2D eigenvalue weighted by molar-refractivity contribution is 7.92. The number of rotatable bonds is 8. The van der Waals surface area contributed by atoms with Crippen LogP contribution in [0.5, 0.6) is 0 Å². The van der Waals surface area contributed by atoms with Gasteiger partial charge in [-0.15, -0.1) is 0 Å². The lowest BCUT2D eigenvalue weighted by molar-refractivity contribution is -0.137. The molecule has 1 saturated heterocycles. The number of piperazine rings is 1. The molecule has 9 nitrogen and oxygen atoms in total. The predicted molar refractivity (Wildman–Crippen MR) is 161 cm³/mol. The Hall–Kier alpha value is -3.60. The number of anilines is 2. The topological polar surface area (TPSA) is 111 Å². The first-order valence-electron chi connectivity index (χ1n) is 13.5. The first kappa shape index (κ1) is 28.9. The number of amides is 2. The van der Waals surface area contributed by atoms with E-state index in [2.05, 4.69) is 20.3 Å². The summed E-state index contributed by atoms with van der Waals surface area (Å²) in [6.45, 7) is 3.74. The zero-order valence-electron chi connectivity index (χ0n) is 22.7. The second-order valence-corrected chi connectivity index (χ2v) is 12.5. The molecule has 0 spiro atoms. The maximum atomic E-state index is 13.9. The Morgan fingerprint density at radius 2 is 1.73 bits per heavy atom. The molecule has 2 aliphatic rings. The van der Waals surface area contributed by atoms with Gasteiger partial charge < -0.3 is 15.1 Å². The van der Waals surface area contributed by atoms with Crippen LogP contribution in [0.25, 0.3) is 0 Å². The summed E-state index contributed by atoms with van der Waals surface area (Å²) in [5.41, 5.74) is 4.08. The number of halogens is 1. The minimum absolute atomic E-state index is 0.173. The lowest BCUT2D eigenvalue weighted by atomic mass is 9.93. The van der Waals surface area contributed by atoms with Crippen LogP contribution in [-0.4, -0.2) is 63.6 Å². The van der Waals surface area contributed by atoms with Gasteiger partial charge >= 0.3 is 0 Å².